The lowest BCUT2D eigenvalue weighted by Gasteiger charge is -2.48. The molecular weight excluding hydrogens is 681 g/mol. The third-order valence-corrected chi connectivity index (χ3v) is 13.3. The standard InChI is InChI=1S/C49H48N2O4/c1-31-11-10-14-40-41(31)43-45(49(40,33-17-21-35(53-5)22-18-33)47(3)29-25-37(55-7)26-30-47)50-42-38-12-8-9-13-39(38)48(44(42)51-43,32-15-19-34(52-4)20-16-32)46(2)27-23-36(54-6)24-28-46/h8-10,12-27,29,31H,11,28,30H2,1-7H3/t31?,46?,47?,48-,49-/m0/s1. The highest BCUT2D eigenvalue weighted by molar-refractivity contribution is 5.89. The number of hydrogen-bond acceptors (Lipinski definition) is 6. The van der Waals surface area contributed by atoms with Crippen molar-refractivity contribution in [3.8, 4) is 22.8 Å². The van der Waals surface area contributed by atoms with Gasteiger partial charge in [0.1, 0.15) is 23.0 Å². The number of hydrogen-bond donors (Lipinski definition) is 0. The molecule has 0 fully saturated rings. The predicted octanol–water partition coefficient (Wildman–Crippen LogP) is 10.5. The SMILES string of the molecule is COC1=CCC(C)([C@@]2(c3ccc(OC)cc3)C3=C(c4nc5c(nc42)-c2ccccc2[C@]5(c2ccc(OC)cc2)C2(C)C=CC(OC)=CC2)C(C)CC=C3)C=C1. The topological polar surface area (TPSA) is 62.7 Å². The number of fused-ring (bicyclic) bond motifs is 5. The maximum Gasteiger partial charge on any atom is 0.118 e. The van der Waals surface area contributed by atoms with Gasteiger partial charge in [0.2, 0.25) is 0 Å². The summed E-state index contributed by atoms with van der Waals surface area (Å²) in [6, 6.07) is 26.1. The van der Waals surface area contributed by atoms with Crippen LogP contribution >= 0.6 is 0 Å². The van der Waals surface area contributed by atoms with Crippen LogP contribution in [0.4, 0.5) is 0 Å². The Hall–Kier alpha value is -5.62. The summed E-state index contributed by atoms with van der Waals surface area (Å²) in [5, 5.41) is 0. The van der Waals surface area contributed by atoms with Gasteiger partial charge < -0.3 is 18.9 Å². The molecule has 4 aromatic rings. The van der Waals surface area contributed by atoms with Crippen LogP contribution in [0, 0.1) is 16.7 Å². The average Bonchev–Trinajstić information content (AvgIpc) is 3.70. The summed E-state index contributed by atoms with van der Waals surface area (Å²) in [6.07, 6.45) is 20.5. The van der Waals surface area contributed by atoms with Gasteiger partial charge in [0.05, 0.1) is 62.0 Å². The molecule has 55 heavy (non-hydrogen) atoms. The third-order valence-electron chi connectivity index (χ3n) is 13.3. The van der Waals surface area contributed by atoms with Gasteiger partial charge in [-0.15, -0.1) is 0 Å². The van der Waals surface area contributed by atoms with Crippen LogP contribution in [0.5, 0.6) is 11.5 Å². The Labute approximate surface area is 324 Å². The van der Waals surface area contributed by atoms with E-state index < -0.39 is 21.7 Å². The molecule has 5 aliphatic carbocycles. The van der Waals surface area contributed by atoms with Gasteiger partial charge in [-0.3, -0.25) is 0 Å². The van der Waals surface area contributed by atoms with E-state index in [2.05, 4.69) is 142 Å². The lowest BCUT2D eigenvalue weighted by molar-refractivity contribution is 0.255. The first-order valence-electron chi connectivity index (χ1n) is 19.3. The summed E-state index contributed by atoms with van der Waals surface area (Å²) in [4.78, 5) is 12.1. The fourth-order valence-electron chi connectivity index (χ4n) is 10.5. The van der Waals surface area contributed by atoms with Crippen molar-refractivity contribution < 1.29 is 18.9 Å². The lowest BCUT2D eigenvalue weighted by Crippen LogP contribution is -2.46. The monoisotopic (exact) mass is 728 g/mol. The van der Waals surface area contributed by atoms with Crippen molar-refractivity contribution in [1.82, 2.24) is 9.97 Å². The normalized spacial score (nSPS) is 28.5. The van der Waals surface area contributed by atoms with Gasteiger partial charge in [0.25, 0.3) is 0 Å². The highest BCUT2D eigenvalue weighted by Crippen LogP contribution is 2.67. The third kappa shape index (κ3) is 4.66. The van der Waals surface area contributed by atoms with Crippen LogP contribution in [0.1, 0.15) is 73.8 Å². The molecule has 5 aliphatic rings. The second-order valence-electron chi connectivity index (χ2n) is 16.0. The van der Waals surface area contributed by atoms with Crippen LogP contribution in [0.3, 0.4) is 0 Å². The molecular formula is C49H48N2O4. The molecule has 6 heteroatoms. The molecule has 5 atom stereocenters. The number of allylic oxidation sites excluding steroid dienone is 10. The van der Waals surface area contributed by atoms with Crippen LogP contribution in [0.2, 0.25) is 0 Å². The first-order valence-corrected chi connectivity index (χ1v) is 19.3. The largest absolute Gasteiger partial charge is 0.497 e. The zero-order valence-corrected chi connectivity index (χ0v) is 32.8. The van der Waals surface area contributed by atoms with Crippen molar-refractivity contribution >= 4 is 5.57 Å². The summed E-state index contributed by atoms with van der Waals surface area (Å²) in [5.74, 6) is 3.62. The van der Waals surface area contributed by atoms with Crippen LogP contribution in [0.25, 0.3) is 16.8 Å². The fraction of sp³-hybridized carbons (Fsp3) is 0.306. The minimum Gasteiger partial charge on any atom is -0.497 e. The molecule has 0 N–H and O–H groups in total. The van der Waals surface area contributed by atoms with Crippen molar-refractivity contribution in [3.05, 3.63) is 172 Å². The van der Waals surface area contributed by atoms with E-state index in [1.54, 1.807) is 28.4 Å². The Morgan fingerprint density at radius 3 is 1.67 bits per heavy atom. The van der Waals surface area contributed by atoms with Crippen molar-refractivity contribution in [2.24, 2.45) is 16.7 Å². The summed E-state index contributed by atoms with van der Waals surface area (Å²) in [5.41, 5.74) is 8.96. The van der Waals surface area contributed by atoms with E-state index in [0.717, 1.165) is 76.2 Å². The second-order valence-corrected chi connectivity index (χ2v) is 16.0. The summed E-state index contributed by atoms with van der Waals surface area (Å²) < 4.78 is 22.9. The molecule has 0 saturated carbocycles. The van der Waals surface area contributed by atoms with E-state index in [-0.39, 0.29) is 5.92 Å². The van der Waals surface area contributed by atoms with Gasteiger partial charge in [0, 0.05) is 16.4 Å². The Kier molecular flexibility index (Phi) is 8.12. The Morgan fingerprint density at radius 1 is 0.600 bits per heavy atom. The molecule has 3 aromatic carbocycles. The molecule has 0 spiro atoms. The molecule has 9 rings (SSSR count). The highest BCUT2D eigenvalue weighted by atomic mass is 16.5. The maximum atomic E-state index is 6.07. The van der Waals surface area contributed by atoms with Crippen LogP contribution in [0.15, 0.2) is 138 Å². The van der Waals surface area contributed by atoms with Crippen LogP contribution < -0.4 is 9.47 Å². The van der Waals surface area contributed by atoms with E-state index in [9.17, 15) is 0 Å². The maximum absolute atomic E-state index is 6.07. The van der Waals surface area contributed by atoms with Crippen molar-refractivity contribution in [3.63, 3.8) is 0 Å². The van der Waals surface area contributed by atoms with Gasteiger partial charge in [-0.2, -0.15) is 0 Å². The van der Waals surface area contributed by atoms with Crippen molar-refractivity contribution in [1.29, 1.82) is 0 Å². The number of aromatic nitrogens is 2. The Morgan fingerprint density at radius 2 is 1.13 bits per heavy atom. The van der Waals surface area contributed by atoms with Crippen LogP contribution in [-0.4, -0.2) is 38.4 Å². The molecule has 1 aromatic heterocycles. The average molecular weight is 729 g/mol. The summed E-state index contributed by atoms with van der Waals surface area (Å²) in [6.45, 7) is 7.09. The molecule has 3 unspecified atom stereocenters. The Balaban J connectivity index is 1.41. The molecule has 1 heterocycles. The zero-order chi connectivity index (χ0) is 38.2. The Bertz CT molecular complexity index is 2400. The molecule has 6 nitrogen and oxygen atoms in total. The van der Waals surface area contributed by atoms with Gasteiger partial charge in [0.15, 0.2) is 0 Å². The smallest absolute Gasteiger partial charge is 0.118 e. The number of nitrogens with zero attached hydrogens (tertiary/aromatic N) is 2. The van der Waals surface area contributed by atoms with E-state index in [1.165, 1.54) is 22.3 Å². The molecule has 0 bridgehead atoms. The predicted molar refractivity (Wildman–Crippen MR) is 218 cm³/mol. The molecule has 278 valence electrons. The molecule has 0 amide bonds. The van der Waals surface area contributed by atoms with E-state index in [1.807, 2.05) is 0 Å². The number of rotatable bonds is 8. The van der Waals surface area contributed by atoms with Crippen molar-refractivity contribution in [2.45, 2.75) is 50.9 Å². The van der Waals surface area contributed by atoms with Gasteiger partial charge in [-0.1, -0.05) is 93.6 Å². The number of methoxy groups -OCH3 is 4. The highest BCUT2D eigenvalue weighted by Gasteiger charge is 2.62. The number of ether oxygens (including phenoxy) is 4. The lowest BCUT2D eigenvalue weighted by atomic mass is 9.54. The van der Waals surface area contributed by atoms with Gasteiger partial charge in [-0.05, 0) is 102 Å². The fourth-order valence-corrected chi connectivity index (χ4v) is 10.5. The second kappa shape index (κ2) is 12.7. The zero-order valence-electron chi connectivity index (χ0n) is 32.8. The molecule has 0 radical (unpaired) electrons. The van der Waals surface area contributed by atoms with E-state index in [4.69, 9.17) is 28.9 Å². The first kappa shape index (κ1) is 35.1. The van der Waals surface area contributed by atoms with Gasteiger partial charge in [-0.25, -0.2) is 9.97 Å². The minimum absolute atomic E-state index is 0.240. The van der Waals surface area contributed by atoms with Crippen LogP contribution in [-0.2, 0) is 20.3 Å². The summed E-state index contributed by atoms with van der Waals surface area (Å²) >= 11 is 0. The number of benzene rings is 3. The minimum atomic E-state index is -0.677. The molecule has 0 aliphatic heterocycles. The summed E-state index contributed by atoms with van der Waals surface area (Å²) in [7, 11) is 6.92. The van der Waals surface area contributed by atoms with E-state index in [0.29, 0.717) is 0 Å². The van der Waals surface area contributed by atoms with Gasteiger partial charge >= 0.3 is 0 Å². The van der Waals surface area contributed by atoms with E-state index >= 15 is 0 Å². The van der Waals surface area contributed by atoms with Crippen molar-refractivity contribution in [2.75, 3.05) is 28.4 Å². The first-order chi connectivity index (χ1) is 26.7. The quantitative estimate of drug-likeness (QED) is 0.180. The molecule has 0 saturated heterocycles.